The molecular weight excluding hydrogens is 220 g/mol. The molecule has 0 N–H and O–H groups in total. The Morgan fingerprint density at radius 2 is 1.61 bits per heavy atom. The average Bonchev–Trinajstić information content (AvgIpc) is 2.46. The van der Waals surface area contributed by atoms with Gasteiger partial charge in [-0.3, -0.25) is 0 Å². The monoisotopic (exact) mass is 240 g/mol. The molecule has 2 aromatic carbocycles. The van der Waals surface area contributed by atoms with Gasteiger partial charge in [0.05, 0.1) is 7.11 Å². The zero-order valence-corrected chi connectivity index (χ0v) is 11.4. The first kappa shape index (κ1) is 12.7. The second kappa shape index (κ2) is 5.72. The second-order valence-electron chi connectivity index (χ2n) is 4.38. The van der Waals surface area contributed by atoms with Crippen molar-refractivity contribution >= 4 is 0 Å². The van der Waals surface area contributed by atoms with Crippen molar-refractivity contribution in [2.45, 2.75) is 26.7 Å². The summed E-state index contributed by atoms with van der Waals surface area (Å²) < 4.78 is 5.21. The van der Waals surface area contributed by atoms with Crippen LogP contribution in [0, 0.1) is 0 Å². The highest BCUT2D eigenvalue weighted by molar-refractivity contribution is 5.69. The Bertz CT molecular complexity index is 512. The molecule has 18 heavy (non-hydrogen) atoms. The standard InChI is InChI=1S/C17H20O/c1-4-13-7-6-8-17(16(13)5-2)14-9-11-15(18-3)12-10-14/h6-12H,4-5H2,1-3H3. The van der Waals surface area contributed by atoms with Crippen LogP contribution in [0.1, 0.15) is 25.0 Å². The molecule has 0 aliphatic rings. The average molecular weight is 240 g/mol. The topological polar surface area (TPSA) is 9.23 Å². The van der Waals surface area contributed by atoms with Crippen LogP contribution in [0.3, 0.4) is 0 Å². The number of methoxy groups -OCH3 is 1. The van der Waals surface area contributed by atoms with Gasteiger partial charge in [0.15, 0.2) is 0 Å². The van der Waals surface area contributed by atoms with Gasteiger partial charge in [0, 0.05) is 0 Å². The number of rotatable bonds is 4. The molecule has 2 aromatic rings. The third-order valence-electron chi connectivity index (χ3n) is 3.41. The molecule has 0 saturated heterocycles. The van der Waals surface area contributed by atoms with Crippen molar-refractivity contribution < 1.29 is 4.74 Å². The van der Waals surface area contributed by atoms with Gasteiger partial charge in [-0.15, -0.1) is 0 Å². The van der Waals surface area contributed by atoms with Gasteiger partial charge in [-0.1, -0.05) is 44.2 Å². The van der Waals surface area contributed by atoms with E-state index < -0.39 is 0 Å². The van der Waals surface area contributed by atoms with E-state index in [0.717, 1.165) is 18.6 Å². The molecule has 0 fully saturated rings. The van der Waals surface area contributed by atoms with Gasteiger partial charge in [-0.05, 0) is 47.2 Å². The summed E-state index contributed by atoms with van der Waals surface area (Å²) in [6, 6.07) is 14.9. The highest BCUT2D eigenvalue weighted by Crippen LogP contribution is 2.28. The first-order chi connectivity index (χ1) is 8.80. The molecule has 0 atom stereocenters. The van der Waals surface area contributed by atoms with Gasteiger partial charge in [0.2, 0.25) is 0 Å². The first-order valence-corrected chi connectivity index (χ1v) is 6.55. The third kappa shape index (κ3) is 2.40. The molecule has 94 valence electrons. The molecule has 0 amide bonds. The zero-order valence-electron chi connectivity index (χ0n) is 11.4. The molecule has 0 aromatic heterocycles. The Hall–Kier alpha value is -1.76. The lowest BCUT2D eigenvalue weighted by atomic mass is 9.93. The Balaban J connectivity index is 2.48. The summed E-state index contributed by atoms with van der Waals surface area (Å²) in [6.45, 7) is 4.44. The van der Waals surface area contributed by atoms with E-state index in [1.165, 1.54) is 22.3 Å². The number of hydrogen-bond acceptors (Lipinski definition) is 1. The number of hydrogen-bond donors (Lipinski definition) is 0. The number of aryl methyl sites for hydroxylation is 1. The van der Waals surface area contributed by atoms with Crippen molar-refractivity contribution in [2.75, 3.05) is 7.11 Å². The minimum Gasteiger partial charge on any atom is -0.497 e. The van der Waals surface area contributed by atoms with Gasteiger partial charge in [0.25, 0.3) is 0 Å². The minimum absolute atomic E-state index is 0.906. The van der Waals surface area contributed by atoms with E-state index in [2.05, 4.69) is 44.2 Å². The summed E-state index contributed by atoms with van der Waals surface area (Å²) >= 11 is 0. The Morgan fingerprint density at radius 3 is 2.17 bits per heavy atom. The van der Waals surface area contributed by atoms with Crippen molar-refractivity contribution in [3.8, 4) is 16.9 Å². The molecule has 0 radical (unpaired) electrons. The molecule has 0 aliphatic carbocycles. The molecule has 0 aliphatic heterocycles. The van der Waals surface area contributed by atoms with E-state index in [1.807, 2.05) is 12.1 Å². The van der Waals surface area contributed by atoms with Crippen LogP contribution >= 0.6 is 0 Å². The van der Waals surface area contributed by atoms with E-state index in [1.54, 1.807) is 7.11 Å². The lowest BCUT2D eigenvalue weighted by Gasteiger charge is -2.13. The zero-order chi connectivity index (χ0) is 13.0. The smallest absolute Gasteiger partial charge is 0.118 e. The van der Waals surface area contributed by atoms with Crippen LogP contribution < -0.4 is 4.74 Å². The van der Waals surface area contributed by atoms with Gasteiger partial charge < -0.3 is 4.74 Å². The van der Waals surface area contributed by atoms with Crippen LogP contribution in [0.25, 0.3) is 11.1 Å². The van der Waals surface area contributed by atoms with Crippen molar-refractivity contribution in [3.63, 3.8) is 0 Å². The molecule has 1 nitrogen and oxygen atoms in total. The van der Waals surface area contributed by atoms with Gasteiger partial charge in [0.1, 0.15) is 5.75 Å². The lowest BCUT2D eigenvalue weighted by Crippen LogP contribution is -1.94. The lowest BCUT2D eigenvalue weighted by molar-refractivity contribution is 0.415. The van der Waals surface area contributed by atoms with Crippen LogP contribution in [0.5, 0.6) is 5.75 Å². The van der Waals surface area contributed by atoms with Crippen LogP contribution in [0.2, 0.25) is 0 Å². The van der Waals surface area contributed by atoms with Crippen LogP contribution in [-0.2, 0) is 12.8 Å². The molecule has 0 bridgehead atoms. The molecule has 1 heteroatoms. The third-order valence-corrected chi connectivity index (χ3v) is 3.41. The highest BCUT2D eigenvalue weighted by Gasteiger charge is 2.07. The fraction of sp³-hybridized carbons (Fsp3) is 0.294. The van der Waals surface area contributed by atoms with Crippen molar-refractivity contribution in [1.82, 2.24) is 0 Å². The Morgan fingerprint density at radius 1 is 0.889 bits per heavy atom. The summed E-state index contributed by atoms with van der Waals surface area (Å²) in [7, 11) is 1.70. The maximum absolute atomic E-state index is 5.21. The summed E-state index contributed by atoms with van der Waals surface area (Å²) in [5, 5.41) is 0. The van der Waals surface area contributed by atoms with Crippen molar-refractivity contribution in [3.05, 3.63) is 53.6 Å². The predicted molar refractivity (Wildman–Crippen MR) is 77.2 cm³/mol. The molecular formula is C17H20O. The van der Waals surface area contributed by atoms with E-state index in [9.17, 15) is 0 Å². The summed E-state index contributed by atoms with van der Waals surface area (Å²) in [5.74, 6) is 0.906. The highest BCUT2D eigenvalue weighted by atomic mass is 16.5. The fourth-order valence-electron chi connectivity index (χ4n) is 2.42. The summed E-state index contributed by atoms with van der Waals surface area (Å²) in [4.78, 5) is 0. The molecule has 2 rings (SSSR count). The fourth-order valence-corrected chi connectivity index (χ4v) is 2.42. The number of ether oxygens (including phenoxy) is 1. The van der Waals surface area contributed by atoms with E-state index >= 15 is 0 Å². The predicted octanol–water partition coefficient (Wildman–Crippen LogP) is 4.49. The maximum Gasteiger partial charge on any atom is 0.118 e. The van der Waals surface area contributed by atoms with Crippen molar-refractivity contribution in [2.24, 2.45) is 0 Å². The van der Waals surface area contributed by atoms with E-state index in [-0.39, 0.29) is 0 Å². The SMILES string of the molecule is CCc1cccc(-c2ccc(OC)cc2)c1CC. The second-order valence-corrected chi connectivity index (χ2v) is 4.38. The van der Waals surface area contributed by atoms with Gasteiger partial charge in [-0.25, -0.2) is 0 Å². The van der Waals surface area contributed by atoms with Crippen LogP contribution in [0.4, 0.5) is 0 Å². The van der Waals surface area contributed by atoms with Gasteiger partial charge >= 0.3 is 0 Å². The van der Waals surface area contributed by atoms with Gasteiger partial charge in [-0.2, -0.15) is 0 Å². The normalized spacial score (nSPS) is 10.4. The van der Waals surface area contributed by atoms with Crippen molar-refractivity contribution in [1.29, 1.82) is 0 Å². The molecule has 0 unspecified atom stereocenters. The van der Waals surface area contributed by atoms with Crippen LogP contribution in [0.15, 0.2) is 42.5 Å². The largest absolute Gasteiger partial charge is 0.497 e. The molecule has 0 saturated carbocycles. The molecule has 0 spiro atoms. The molecule has 0 heterocycles. The Kier molecular flexibility index (Phi) is 4.03. The minimum atomic E-state index is 0.906. The first-order valence-electron chi connectivity index (χ1n) is 6.55. The van der Waals surface area contributed by atoms with E-state index in [4.69, 9.17) is 4.74 Å². The quantitative estimate of drug-likeness (QED) is 0.765. The Labute approximate surface area is 109 Å². The maximum atomic E-state index is 5.21. The summed E-state index contributed by atoms with van der Waals surface area (Å²) in [5.41, 5.74) is 5.53. The number of benzene rings is 2. The summed E-state index contributed by atoms with van der Waals surface area (Å²) in [6.07, 6.45) is 2.17. The van der Waals surface area contributed by atoms with Crippen LogP contribution in [-0.4, -0.2) is 7.11 Å². The van der Waals surface area contributed by atoms with E-state index in [0.29, 0.717) is 0 Å².